The SMILES string of the molecule is Cc1ccc2c(c1)[C@H]1C[NH+](C)CC[C@H]1N2C(=O)c1cccnc1Cl. The van der Waals surface area contributed by atoms with Crippen LogP contribution < -0.4 is 9.80 Å². The normalized spacial score (nSPS) is 25.3. The Morgan fingerprint density at radius 1 is 1.38 bits per heavy atom. The maximum absolute atomic E-state index is 13.2. The maximum atomic E-state index is 13.2. The Kier molecular flexibility index (Phi) is 3.82. The van der Waals surface area contributed by atoms with Crippen molar-refractivity contribution in [3.63, 3.8) is 0 Å². The van der Waals surface area contributed by atoms with Gasteiger partial charge in [-0.25, -0.2) is 4.98 Å². The number of fused-ring (bicyclic) bond motifs is 3. The number of benzene rings is 1. The fourth-order valence-corrected chi connectivity index (χ4v) is 4.34. The Morgan fingerprint density at radius 2 is 2.21 bits per heavy atom. The number of carbonyl (C=O) groups is 1. The van der Waals surface area contributed by atoms with Gasteiger partial charge in [-0.1, -0.05) is 29.3 Å². The first-order valence-corrected chi connectivity index (χ1v) is 8.80. The van der Waals surface area contributed by atoms with Gasteiger partial charge in [0.1, 0.15) is 5.15 Å². The minimum Gasteiger partial charge on any atom is -0.337 e. The molecule has 3 heterocycles. The van der Waals surface area contributed by atoms with Gasteiger partial charge in [-0.3, -0.25) is 4.79 Å². The van der Waals surface area contributed by atoms with E-state index in [0.717, 1.165) is 25.2 Å². The first-order chi connectivity index (χ1) is 11.6. The summed E-state index contributed by atoms with van der Waals surface area (Å²) in [5, 5.41) is 0.276. The van der Waals surface area contributed by atoms with Crippen LogP contribution >= 0.6 is 11.6 Å². The largest absolute Gasteiger partial charge is 0.337 e. The molecule has 1 fully saturated rings. The number of likely N-dealkylation sites (tertiary alicyclic amines) is 1. The second-order valence-electron chi connectivity index (χ2n) is 6.95. The summed E-state index contributed by atoms with van der Waals surface area (Å²) in [6.07, 6.45) is 2.62. The van der Waals surface area contributed by atoms with Crippen LogP contribution in [0.25, 0.3) is 0 Å². The van der Waals surface area contributed by atoms with E-state index >= 15 is 0 Å². The van der Waals surface area contributed by atoms with Gasteiger partial charge in [-0.05, 0) is 30.7 Å². The van der Waals surface area contributed by atoms with Crippen LogP contribution in [0.1, 0.15) is 33.8 Å². The standard InChI is InChI=1S/C19H20ClN3O/c1-12-5-6-16-14(10-12)15-11-22(2)9-7-17(15)23(16)19(24)13-4-3-8-21-18(13)20/h3-6,8,10,15,17H,7,9,11H2,1-2H3/p+1/t15-,17-/m1/s1. The van der Waals surface area contributed by atoms with E-state index < -0.39 is 0 Å². The van der Waals surface area contributed by atoms with E-state index in [1.54, 1.807) is 18.3 Å². The quantitative estimate of drug-likeness (QED) is 0.806. The number of anilines is 1. The van der Waals surface area contributed by atoms with E-state index in [1.165, 1.54) is 16.0 Å². The minimum absolute atomic E-state index is 0.0368. The molecule has 2 aromatic rings. The number of likely N-dealkylation sites (N-methyl/N-ethyl adjacent to an activating group) is 1. The molecular weight excluding hydrogens is 322 g/mol. The van der Waals surface area contributed by atoms with E-state index in [-0.39, 0.29) is 17.1 Å². The lowest BCUT2D eigenvalue weighted by Crippen LogP contribution is -3.11. The smallest absolute Gasteiger partial charge is 0.261 e. The van der Waals surface area contributed by atoms with Crippen molar-refractivity contribution in [2.24, 2.45) is 0 Å². The predicted octanol–water partition coefficient (Wildman–Crippen LogP) is 2.07. The van der Waals surface area contributed by atoms with Crippen LogP contribution in [0.5, 0.6) is 0 Å². The van der Waals surface area contributed by atoms with Crippen molar-refractivity contribution in [2.75, 3.05) is 25.0 Å². The van der Waals surface area contributed by atoms with Crippen molar-refractivity contribution in [1.29, 1.82) is 0 Å². The van der Waals surface area contributed by atoms with Crippen LogP contribution in [0.4, 0.5) is 5.69 Å². The second kappa shape index (κ2) is 5.87. The number of halogens is 1. The number of piperidine rings is 1. The molecule has 24 heavy (non-hydrogen) atoms. The molecule has 5 heteroatoms. The number of rotatable bonds is 1. The molecule has 2 aliphatic heterocycles. The predicted molar refractivity (Wildman–Crippen MR) is 95.0 cm³/mol. The van der Waals surface area contributed by atoms with Gasteiger partial charge in [-0.2, -0.15) is 0 Å². The number of hydrogen-bond acceptors (Lipinski definition) is 2. The summed E-state index contributed by atoms with van der Waals surface area (Å²) in [7, 11) is 2.23. The molecular formula is C19H21ClN3O+. The van der Waals surface area contributed by atoms with Crippen molar-refractivity contribution < 1.29 is 9.69 Å². The molecule has 1 aromatic heterocycles. The summed E-state index contributed by atoms with van der Waals surface area (Å²) in [4.78, 5) is 20.8. The van der Waals surface area contributed by atoms with Crippen LogP contribution in [-0.4, -0.2) is 37.1 Å². The van der Waals surface area contributed by atoms with Gasteiger partial charge < -0.3 is 9.80 Å². The van der Waals surface area contributed by atoms with Gasteiger partial charge in [0.25, 0.3) is 5.91 Å². The first-order valence-electron chi connectivity index (χ1n) is 8.42. The zero-order valence-corrected chi connectivity index (χ0v) is 14.7. The molecule has 124 valence electrons. The molecule has 4 rings (SSSR count). The lowest BCUT2D eigenvalue weighted by molar-refractivity contribution is -0.886. The van der Waals surface area contributed by atoms with Crippen LogP contribution in [0, 0.1) is 6.92 Å². The molecule has 0 spiro atoms. The van der Waals surface area contributed by atoms with Crippen LogP contribution in [0.3, 0.4) is 0 Å². The number of hydrogen-bond donors (Lipinski definition) is 1. The van der Waals surface area contributed by atoms with Crippen LogP contribution in [0.2, 0.25) is 5.15 Å². The third-order valence-corrected chi connectivity index (χ3v) is 5.58. The average Bonchev–Trinajstić information content (AvgIpc) is 2.88. The van der Waals surface area contributed by atoms with Gasteiger partial charge in [0.05, 0.1) is 37.7 Å². The van der Waals surface area contributed by atoms with Crippen molar-refractivity contribution in [3.8, 4) is 0 Å². The Bertz CT molecular complexity index is 807. The van der Waals surface area contributed by atoms with Crippen molar-refractivity contribution in [1.82, 2.24) is 4.98 Å². The van der Waals surface area contributed by atoms with Gasteiger partial charge in [0.15, 0.2) is 0 Å². The Morgan fingerprint density at radius 3 is 3.00 bits per heavy atom. The van der Waals surface area contributed by atoms with Crippen LogP contribution in [-0.2, 0) is 0 Å². The molecule has 2 aliphatic rings. The van der Waals surface area contributed by atoms with Gasteiger partial charge in [0.2, 0.25) is 0 Å². The lowest BCUT2D eigenvalue weighted by Gasteiger charge is -2.34. The van der Waals surface area contributed by atoms with E-state index in [1.807, 2.05) is 4.90 Å². The average molecular weight is 343 g/mol. The number of amides is 1. The Hall–Kier alpha value is -1.91. The van der Waals surface area contributed by atoms with Crippen molar-refractivity contribution in [3.05, 3.63) is 58.4 Å². The molecule has 1 unspecified atom stereocenters. The molecule has 1 saturated heterocycles. The number of nitrogens with zero attached hydrogens (tertiary/aromatic N) is 2. The molecule has 1 amide bonds. The number of quaternary nitrogens is 1. The van der Waals surface area contributed by atoms with E-state index in [0.29, 0.717) is 11.5 Å². The molecule has 1 N–H and O–H groups in total. The van der Waals surface area contributed by atoms with Gasteiger partial charge >= 0.3 is 0 Å². The first kappa shape index (κ1) is 15.6. The van der Waals surface area contributed by atoms with Crippen molar-refractivity contribution >= 4 is 23.2 Å². The fourth-order valence-electron chi connectivity index (χ4n) is 4.14. The zero-order chi connectivity index (χ0) is 16.8. The highest BCUT2D eigenvalue weighted by Gasteiger charge is 2.46. The summed E-state index contributed by atoms with van der Waals surface area (Å²) in [5.74, 6) is 0.360. The monoisotopic (exact) mass is 342 g/mol. The minimum atomic E-state index is -0.0368. The van der Waals surface area contributed by atoms with Gasteiger partial charge in [0, 0.05) is 18.3 Å². The lowest BCUT2D eigenvalue weighted by atomic mass is 9.89. The third-order valence-electron chi connectivity index (χ3n) is 5.28. The van der Waals surface area contributed by atoms with E-state index in [4.69, 9.17) is 11.6 Å². The Labute approximate surface area is 147 Å². The summed E-state index contributed by atoms with van der Waals surface area (Å²) >= 11 is 6.19. The van der Waals surface area contributed by atoms with E-state index in [2.05, 4.69) is 37.2 Å². The summed E-state index contributed by atoms with van der Waals surface area (Å²) in [6, 6.07) is 10.2. The molecule has 3 atom stereocenters. The molecule has 4 nitrogen and oxygen atoms in total. The number of aryl methyl sites for hydroxylation is 1. The fraction of sp³-hybridized carbons (Fsp3) is 0.368. The second-order valence-corrected chi connectivity index (χ2v) is 7.31. The summed E-state index contributed by atoms with van der Waals surface area (Å²) in [5.41, 5.74) is 4.06. The number of aromatic nitrogens is 1. The number of nitrogens with one attached hydrogen (secondary N) is 1. The molecule has 0 aliphatic carbocycles. The summed E-state index contributed by atoms with van der Waals surface area (Å²) in [6.45, 7) is 4.25. The highest BCUT2D eigenvalue weighted by Crippen LogP contribution is 2.43. The van der Waals surface area contributed by atoms with Crippen LogP contribution in [0.15, 0.2) is 36.5 Å². The zero-order valence-electron chi connectivity index (χ0n) is 13.9. The number of carbonyl (C=O) groups excluding carboxylic acids is 1. The third kappa shape index (κ3) is 2.41. The molecule has 0 saturated carbocycles. The maximum Gasteiger partial charge on any atom is 0.261 e. The highest BCUT2D eigenvalue weighted by atomic mass is 35.5. The Balaban J connectivity index is 1.81. The van der Waals surface area contributed by atoms with Crippen molar-refractivity contribution in [2.45, 2.75) is 25.3 Å². The molecule has 0 radical (unpaired) electrons. The highest BCUT2D eigenvalue weighted by molar-refractivity contribution is 6.33. The molecule has 1 aromatic carbocycles. The number of pyridine rings is 1. The van der Waals surface area contributed by atoms with E-state index in [9.17, 15) is 4.79 Å². The topological polar surface area (TPSA) is 37.6 Å². The summed E-state index contributed by atoms with van der Waals surface area (Å²) < 4.78 is 0. The molecule has 0 bridgehead atoms. The van der Waals surface area contributed by atoms with Gasteiger partial charge in [-0.15, -0.1) is 0 Å².